The quantitative estimate of drug-likeness (QED) is 0.613. The van der Waals surface area contributed by atoms with Gasteiger partial charge in [0.2, 0.25) is 11.8 Å². The summed E-state index contributed by atoms with van der Waals surface area (Å²) in [7, 11) is 0. The van der Waals surface area contributed by atoms with E-state index in [2.05, 4.69) is 24.5 Å². The molecule has 0 saturated carbocycles. The fourth-order valence-electron chi connectivity index (χ4n) is 3.73. The molecule has 1 aliphatic rings. The van der Waals surface area contributed by atoms with Gasteiger partial charge in [-0.1, -0.05) is 26.0 Å². The van der Waals surface area contributed by atoms with Gasteiger partial charge in [0.15, 0.2) is 0 Å². The second-order valence-electron chi connectivity index (χ2n) is 8.27. The summed E-state index contributed by atoms with van der Waals surface area (Å²) in [5, 5.41) is 6.36. The number of anilines is 3. The van der Waals surface area contributed by atoms with Crippen molar-refractivity contribution in [1.29, 1.82) is 0 Å². The zero-order valence-electron chi connectivity index (χ0n) is 17.9. The Morgan fingerprint density at radius 1 is 1.10 bits per heavy atom. The topological polar surface area (TPSA) is 87.5 Å². The van der Waals surface area contributed by atoms with E-state index in [4.69, 9.17) is 5.73 Å². The Bertz CT molecular complexity index is 864. The number of amides is 2. The first-order valence-corrected chi connectivity index (χ1v) is 10.7. The van der Waals surface area contributed by atoms with Crippen molar-refractivity contribution in [3.05, 3.63) is 54.1 Å². The maximum atomic E-state index is 13.0. The van der Waals surface area contributed by atoms with Crippen LogP contribution in [0.4, 0.5) is 17.1 Å². The molecule has 1 unspecified atom stereocenters. The molecule has 2 aromatic rings. The predicted octanol–water partition coefficient (Wildman–Crippen LogP) is 4.13. The number of hydrogen-bond acceptors (Lipinski definition) is 4. The zero-order valence-corrected chi connectivity index (χ0v) is 17.9. The number of nitrogens with two attached hydrogens (primary N) is 1. The van der Waals surface area contributed by atoms with E-state index in [1.54, 1.807) is 0 Å². The highest BCUT2D eigenvalue weighted by Crippen LogP contribution is 2.23. The van der Waals surface area contributed by atoms with Crippen molar-refractivity contribution in [3.63, 3.8) is 0 Å². The monoisotopic (exact) mass is 408 g/mol. The molecule has 4 N–H and O–H groups in total. The van der Waals surface area contributed by atoms with Gasteiger partial charge in [-0.05, 0) is 67.1 Å². The minimum Gasteiger partial charge on any atom is -0.374 e. The molecule has 0 radical (unpaired) electrons. The van der Waals surface area contributed by atoms with Gasteiger partial charge in [-0.25, -0.2) is 0 Å². The number of nitrogens with one attached hydrogen (secondary N) is 2. The lowest BCUT2D eigenvalue weighted by Crippen LogP contribution is -2.36. The van der Waals surface area contributed by atoms with Crippen molar-refractivity contribution in [2.24, 2.45) is 11.7 Å². The van der Waals surface area contributed by atoms with Crippen molar-refractivity contribution in [3.8, 4) is 0 Å². The largest absolute Gasteiger partial charge is 0.374 e. The minimum absolute atomic E-state index is 0.0800. The second kappa shape index (κ2) is 10.3. The first-order valence-electron chi connectivity index (χ1n) is 10.7. The van der Waals surface area contributed by atoms with Crippen LogP contribution in [0.5, 0.6) is 0 Å². The van der Waals surface area contributed by atoms with Gasteiger partial charge in [-0.15, -0.1) is 0 Å². The zero-order chi connectivity index (χ0) is 21.5. The van der Waals surface area contributed by atoms with E-state index < -0.39 is 0 Å². The molecule has 6 heteroatoms. The average molecular weight is 409 g/mol. The Morgan fingerprint density at radius 3 is 2.53 bits per heavy atom. The van der Waals surface area contributed by atoms with Crippen molar-refractivity contribution in [1.82, 2.24) is 0 Å². The molecule has 6 nitrogen and oxygen atoms in total. The van der Waals surface area contributed by atoms with Gasteiger partial charge in [0.05, 0.1) is 0 Å². The molecule has 1 saturated heterocycles. The van der Waals surface area contributed by atoms with Crippen molar-refractivity contribution in [2.75, 3.05) is 22.1 Å². The van der Waals surface area contributed by atoms with Gasteiger partial charge < -0.3 is 21.3 Å². The number of carbonyl (C=O) groups is 2. The van der Waals surface area contributed by atoms with E-state index >= 15 is 0 Å². The van der Waals surface area contributed by atoms with E-state index in [1.807, 2.05) is 53.4 Å². The van der Waals surface area contributed by atoms with Crippen LogP contribution in [-0.2, 0) is 16.1 Å². The maximum Gasteiger partial charge on any atom is 0.246 e. The SMILES string of the molecule is CC(C)CC(Nc1cccc(CN)c1)C(=O)Nc1ccc(N2CCCCC2=O)cc1. The molecule has 0 spiro atoms. The fraction of sp³-hybridized carbons (Fsp3) is 0.417. The molecular weight excluding hydrogens is 376 g/mol. The Hall–Kier alpha value is -2.86. The van der Waals surface area contributed by atoms with Gasteiger partial charge >= 0.3 is 0 Å². The minimum atomic E-state index is -0.360. The summed E-state index contributed by atoms with van der Waals surface area (Å²) in [6.45, 7) is 5.42. The Balaban J connectivity index is 1.68. The van der Waals surface area contributed by atoms with E-state index in [9.17, 15) is 9.59 Å². The molecule has 1 atom stereocenters. The Morgan fingerprint density at radius 2 is 1.87 bits per heavy atom. The normalized spacial score (nSPS) is 15.2. The molecule has 160 valence electrons. The van der Waals surface area contributed by atoms with Crippen LogP contribution >= 0.6 is 0 Å². The van der Waals surface area contributed by atoms with Crippen molar-refractivity contribution < 1.29 is 9.59 Å². The summed E-state index contributed by atoms with van der Waals surface area (Å²) in [5.74, 6) is 0.445. The van der Waals surface area contributed by atoms with Crippen molar-refractivity contribution >= 4 is 28.9 Å². The average Bonchev–Trinajstić information content (AvgIpc) is 2.74. The summed E-state index contributed by atoms with van der Waals surface area (Å²) in [5.41, 5.74) is 9.25. The van der Waals surface area contributed by atoms with Gasteiger partial charge in [0, 0.05) is 36.6 Å². The van der Waals surface area contributed by atoms with Gasteiger partial charge in [0.1, 0.15) is 6.04 Å². The number of piperidine rings is 1. The lowest BCUT2D eigenvalue weighted by atomic mass is 10.0. The van der Waals surface area contributed by atoms with Gasteiger partial charge in [-0.2, -0.15) is 0 Å². The molecule has 1 fully saturated rings. The van der Waals surface area contributed by atoms with Crippen LogP contribution in [0, 0.1) is 5.92 Å². The molecule has 1 heterocycles. The van der Waals surface area contributed by atoms with E-state index in [-0.39, 0.29) is 17.9 Å². The summed E-state index contributed by atoms with van der Waals surface area (Å²) in [4.78, 5) is 26.9. The van der Waals surface area contributed by atoms with Crippen molar-refractivity contribution in [2.45, 2.75) is 52.1 Å². The van der Waals surface area contributed by atoms with Crippen LogP contribution in [0.15, 0.2) is 48.5 Å². The van der Waals surface area contributed by atoms with Crippen LogP contribution in [0.25, 0.3) is 0 Å². The highest BCUT2D eigenvalue weighted by Gasteiger charge is 2.21. The summed E-state index contributed by atoms with van der Waals surface area (Å²) in [6, 6.07) is 15.0. The third-order valence-corrected chi connectivity index (χ3v) is 5.30. The number of rotatable bonds is 8. The summed E-state index contributed by atoms with van der Waals surface area (Å²) >= 11 is 0. The third kappa shape index (κ3) is 5.83. The molecule has 3 rings (SSSR count). The maximum absolute atomic E-state index is 13.0. The van der Waals surface area contributed by atoms with E-state index in [0.717, 1.165) is 42.0 Å². The first kappa shape index (κ1) is 21.8. The summed E-state index contributed by atoms with van der Waals surface area (Å²) in [6.07, 6.45) is 3.30. The molecule has 0 bridgehead atoms. The fourth-order valence-corrected chi connectivity index (χ4v) is 3.73. The van der Waals surface area contributed by atoms with Crippen LogP contribution in [0.3, 0.4) is 0 Å². The van der Waals surface area contributed by atoms with Crippen LogP contribution < -0.4 is 21.3 Å². The molecule has 2 aromatic carbocycles. The molecular formula is C24H32N4O2. The standard InChI is InChI=1S/C24H32N4O2/c1-17(2)14-22(26-20-7-5-6-18(15-20)16-25)24(30)27-19-9-11-21(12-10-19)28-13-4-3-8-23(28)29/h5-7,9-12,15,17,22,26H,3-4,8,13-14,16,25H2,1-2H3,(H,27,30). The Labute approximate surface area is 178 Å². The molecule has 30 heavy (non-hydrogen) atoms. The highest BCUT2D eigenvalue weighted by atomic mass is 16.2. The molecule has 0 aliphatic carbocycles. The Kier molecular flexibility index (Phi) is 7.46. The predicted molar refractivity (Wildman–Crippen MR) is 122 cm³/mol. The second-order valence-corrected chi connectivity index (χ2v) is 8.27. The van der Waals surface area contributed by atoms with Gasteiger partial charge in [0.25, 0.3) is 0 Å². The number of benzene rings is 2. The lowest BCUT2D eigenvalue weighted by Gasteiger charge is -2.27. The lowest BCUT2D eigenvalue weighted by molar-refractivity contribution is -0.119. The smallest absolute Gasteiger partial charge is 0.246 e. The third-order valence-electron chi connectivity index (χ3n) is 5.30. The number of carbonyl (C=O) groups excluding carboxylic acids is 2. The summed E-state index contributed by atoms with van der Waals surface area (Å²) < 4.78 is 0. The first-order chi connectivity index (χ1) is 14.5. The van der Waals surface area contributed by atoms with E-state index in [0.29, 0.717) is 25.3 Å². The van der Waals surface area contributed by atoms with Crippen LogP contribution in [0.1, 0.15) is 45.1 Å². The molecule has 2 amide bonds. The van der Waals surface area contributed by atoms with Gasteiger partial charge in [-0.3, -0.25) is 9.59 Å². The van der Waals surface area contributed by atoms with E-state index in [1.165, 1.54) is 0 Å². The van der Waals surface area contributed by atoms with Crippen LogP contribution in [0.2, 0.25) is 0 Å². The molecule has 0 aromatic heterocycles. The highest BCUT2D eigenvalue weighted by molar-refractivity contribution is 5.97. The number of hydrogen-bond donors (Lipinski definition) is 3. The number of nitrogens with zero attached hydrogens (tertiary/aromatic N) is 1. The molecule has 1 aliphatic heterocycles. The van der Waals surface area contributed by atoms with Crippen LogP contribution in [-0.4, -0.2) is 24.4 Å².